The third-order valence-electron chi connectivity index (χ3n) is 2.72. The van der Waals surface area contributed by atoms with Crippen molar-refractivity contribution in [1.82, 2.24) is 20.2 Å². The van der Waals surface area contributed by atoms with Gasteiger partial charge in [0, 0.05) is 11.9 Å². The van der Waals surface area contributed by atoms with Gasteiger partial charge in [0.1, 0.15) is 15.8 Å². The van der Waals surface area contributed by atoms with Crippen LogP contribution < -0.4 is 5.32 Å². The molecule has 0 unspecified atom stereocenters. The molecule has 0 aromatic carbocycles. The molecule has 0 aliphatic rings. The van der Waals surface area contributed by atoms with Crippen LogP contribution in [0.1, 0.15) is 19.2 Å². The summed E-state index contributed by atoms with van der Waals surface area (Å²) in [5, 5.41) is 6.13. The van der Waals surface area contributed by atoms with Crippen molar-refractivity contribution in [3.8, 4) is 0 Å². The average molecular weight is 313 g/mol. The van der Waals surface area contributed by atoms with Gasteiger partial charge in [-0.1, -0.05) is 18.5 Å². The SMILES string of the molecule is CCCNC(=O)CN(C)Cc1nc(Cl)c2ccsc2n1. The van der Waals surface area contributed by atoms with Crippen molar-refractivity contribution in [2.75, 3.05) is 20.1 Å². The number of thiophene rings is 1. The number of hydrogen-bond donors (Lipinski definition) is 1. The quantitative estimate of drug-likeness (QED) is 0.832. The lowest BCUT2D eigenvalue weighted by molar-refractivity contribution is -0.122. The smallest absolute Gasteiger partial charge is 0.234 e. The highest BCUT2D eigenvalue weighted by molar-refractivity contribution is 7.16. The lowest BCUT2D eigenvalue weighted by Gasteiger charge is -2.15. The Morgan fingerprint density at radius 1 is 1.50 bits per heavy atom. The van der Waals surface area contributed by atoms with Gasteiger partial charge in [0.2, 0.25) is 5.91 Å². The molecule has 0 saturated carbocycles. The number of rotatable bonds is 6. The highest BCUT2D eigenvalue weighted by atomic mass is 35.5. The van der Waals surface area contributed by atoms with Crippen LogP contribution in [-0.2, 0) is 11.3 Å². The fourth-order valence-electron chi connectivity index (χ4n) is 1.79. The third-order valence-corrected chi connectivity index (χ3v) is 3.82. The molecule has 20 heavy (non-hydrogen) atoms. The molecule has 2 rings (SSSR count). The number of amides is 1. The highest BCUT2D eigenvalue weighted by Crippen LogP contribution is 2.24. The normalized spacial score (nSPS) is 11.2. The highest BCUT2D eigenvalue weighted by Gasteiger charge is 2.11. The van der Waals surface area contributed by atoms with Gasteiger partial charge in [-0.2, -0.15) is 0 Å². The summed E-state index contributed by atoms with van der Waals surface area (Å²) < 4.78 is 0. The van der Waals surface area contributed by atoms with Gasteiger partial charge in [0.25, 0.3) is 0 Å². The zero-order valence-corrected chi connectivity index (χ0v) is 13.1. The van der Waals surface area contributed by atoms with E-state index < -0.39 is 0 Å². The van der Waals surface area contributed by atoms with Crippen LogP contribution in [0.5, 0.6) is 0 Å². The van der Waals surface area contributed by atoms with Crippen molar-refractivity contribution in [1.29, 1.82) is 0 Å². The molecule has 108 valence electrons. The van der Waals surface area contributed by atoms with Gasteiger partial charge in [-0.05, 0) is 24.9 Å². The molecule has 0 atom stereocenters. The molecule has 1 amide bonds. The molecule has 0 aliphatic carbocycles. The number of carbonyl (C=O) groups is 1. The minimum absolute atomic E-state index is 0.0117. The summed E-state index contributed by atoms with van der Waals surface area (Å²) in [6, 6.07) is 1.91. The predicted octanol–water partition coefficient (Wildman–Crippen LogP) is 2.30. The summed E-state index contributed by atoms with van der Waals surface area (Å²) in [5.74, 6) is 0.647. The number of likely N-dealkylation sites (N-methyl/N-ethyl adjacent to an activating group) is 1. The monoisotopic (exact) mass is 312 g/mol. The summed E-state index contributed by atoms with van der Waals surface area (Å²) in [5.41, 5.74) is 0. The van der Waals surface area contributed by atoms with E-state index in [2.05, 4.69) is 15.3 Å². The first-order valence-electron chi connectivity index (χ1n) is 6.45. The Labute approximate surface area is 127 Å². The molecule has 0 spiro atoms. The van der Waals surface area contributed by atoms with Gasteiger partial charge < -0.3 is 5.32 Å². The Hall–Kier alpha value is -1.24. The largest absolute Gasteiger partial charge is 0.355 e. The first kappa shape index (κ1) is 15.2. The lowest BCUT2D eigenvalue weighted by atomic mass is 10.4. The fourth-order valence-corrected chi connectivity index (χ4v) is 2.88. The van der Waals surface area contributed by atoms with Gasteiger partial charge in [-0.25, -0.2) is 9.97 Å². The van der Waals surface area contributed by atoms with Crippen molar-refractivity contribution in [2.45, 2.75) is 19.9 Å². The number of aromatic nitrogens is 2. The molecule has 0 aliphatic heterocycles. The molecular weight excluding hydrogens is 296 g/mol. The maximum Gasteiger partial charge on any atom is 0.234 e. The number of fused-ring (bicyclic) bond motifs is 1. The van der Waals surface area contributed by atoms with Gasteiger partial charge in [-0.3, -0.25) is 9.69 Å². The van der Waals surface area contributed by atoms with Crippen LogP contribution in [0, 0.1) is 0 Å². The molecule has 0 bridgehead atoms. The van der Waals surface area contributed by atoms with Gasteiger partial charge in [-0.15, -0.1) is 11.3 Å². The number of halogens is 1. The van der Waals surface area contributed by atoms with E-state index in [1.165, 1.54) is 11.3 Å². The van der Waals surface area contributed by atoms with E-state index >= 15 is 0 Å². The average Bonchev–Trinajstić information content (AvgIpc) is 2.84. The molecule has 7 heteroatoms. The van der Waals surface area contributed by atoms with E-state index in [9.17, 15) is 4.79 Å². The molecule has 0 saturated heterocycles. The van der Waals surface area contributed by atoms with Crippen LogP contribution in [-0.4, -0.2) is 40.9 Å². The Morgan fingerprint density at radius 2 is 2.30 bits per heavy atom. The van der Waals surface area contributed by atoms with E-state index in [1.54, 1.807) is 0 Å². The van der Waals surface area contributed by atoms with Crippen LogP contribution in [0.2, 0.25) is 5.15 Å². The molecule has 2 aromatic heterocycles. The molecule has 2 aromatic rings. The molecule has 2 heterocycles. The number of carbonyl (C=O) groups excluding carboxylic acids is 1. The number of nitrogens with zero attached hydrogens (tertiary/aromatic N) is 3. The summed E-state index contributed by atoms with van der Waals surface area (Å²) >= 11 is 7.65. The maximum atomic E-state index is 11.6. The molecular formula is C13H17ClN4OS. The van der Waals surface area contributed by atoms with Crippen molar-refractivity contribution in [3.63, 3.8) is 0 Å². The van der Waals surface area contributed by atoms with E-state index in [4.69, 9.17) is 11.6 Å². The molecule has 0 radical (unpaired) electrons. The van der Waals surface area contributed by atoms with Gasteiger partial charge in [0.05, 0.1) is 13.1 Å². The van der Waals surface area contributed by atoms with Crippen LogP contribution in [0.15, 0.2) is 11.4 Å². The Kier molecular flexibility index (Phi) is 5.28. The summed E-state index contributed by atoms with van der Waals surface area (Å²) in [6.45, 7) is 3.54. The second-order valence-electron chi connectivity index (χ2n) is 4.59. The topological polar surface area (TPSA) is 58.1 Å². The zero-order valence-electron chi connectivity index (χ0n) is 11.5. The van der Waals surface area contributed by atoms with Crippen LogP contribution in [0.25, 0.3) is 10.2 Å². The molecule has 0 fully saturated rings. The van der Waals surface area contributed by atoms with Gasteiger partial charge in [0.15, 0.2) is 0 Å². The van der Waals surface area contributed by atoms with Crippen LogP contribution in [0.4, 0.5) is 0 Å². The fraction of sp³-hybridized carbons (Fsp3) is 0.462. The molecule has 5 nitrogen and oxygen atoms in total. The Balaban J connectivity index is 1.98. The van der Waals surface area contributed by atoms with Crippen molar-refractivity contribution in [2.24, 2.45) is 0 Å². The maximum absolute atomic E-state index is 11.6. The molecule has 1 N–H and O–H groups in total. The third kappa shape index (κ3) is 3.88. The first-order valence-corrected chi connectivity index (χ1v) is 7.70. The van der Waals surface area contributed by atoms with Crippen LogP contribution in [0.3, 0.4) is 0 Å². The van der Waals surface area contributed by atoms with E-state index in [0.29, 0.717) is 30.6 Å². The standard InChI is InChI=1S/C13H17ClN4OS/c1-3-5-15-11(19)8-18(2)7-10-16-12(14)9-4-6-20-13(9)17-10/h4,6H,3,5,7-8H2,1-2H3,(H,15,19). The number of nitrogens with one attached hydrogen (secondary N) is 1. The van der Waals surface area contributed by atoms with Crippen molar-refractivity contribution in [3.05, 3.63) is 22.4 Å². The van der Waals surface area contributed by atoms with E-state index in [1.807, 2.05) is 30.3 Å². The second kappa shape index (κ2) is 6.97. The number of hydrogen-bond acceptors (Lipinski definition) is 5. The predicted molar refractivity (Wildman–Crippen MR) is 82.1 cm³/mol. The van der Waals surface area contributed by atoms with Gasteiger partial charge >= 0.3 is 0 Å². The van der Waals surface area contributed by atoms with Crippen LogP contribution >= 0.6 is 22.9 Å². The van der Waals surface area contributed by atoms with Crippen molar-refractivity contribution >= 4 is 39.1 Å². The summed E-state index contributed by atoms with van der Waals surface area (Å²) in [6.07, 6.45) is 0.934. The zero-order chi connectivity index (χ0) is 14.5. The van der Waals surface area contributed by atoms with Crippen molar-refractivity contribution < 1.29 is 4.79 Å². The lowest BCUT2D eigenvalue weighted by Crippen LogP contribution is -2.35. The Morgan fingerprint density at radius 3 is 3.05 bits per heavy atom. The van der Waals surface area contributed by atoms with E-state index in [0.717, 1.165) is 16.6 Å². The summed E-state index contributed by atoms with van der Waals surface area (Å²) in [4.78, 5) is 23.1. The second-order valence-corrected chi connectivity index (χ2v) is 5.84. The first-order chi connectivity index (χ1) is 9.60. The van der Waals surface area contributed by atoms with E-state index in [-0.39, 0.29) is 5.91 Å². The Bertz CT molecular complexity index is 601. The summed E-state index contributed by atoms with van der Waals surface area (Å²) in [7, 11) is 1.86. The minimum atomic E-state index is 0.0117. The minimum Gasteiger partial charge on any atom is -0.355 e.